The summed E-state index contributed by atoms with van der Waals surface area (Å²) >= 11 is 1.97. The fourth-order valence-corrected chi connectivity index (χ4v) is 1.27. The highest BCUT2D eigenvalue weighted by molar-refractivity contribution is 14.1. The van der Waals surface area contributed by atoms with Gasteiger partial charge in [-0.1, -0.05) is 22.6 Å². The number of carbonyl (C=O) groups is 2. The number of amides is 1. The molecule has 0 aromatic carbocycles. The lowest BCUT2D eigenvalue weighted by molar-refractivity contribution is -0.142. The van der Waals surface area contributed by atoms with Crippen LogP contribution in [-0.4, -0.2) is 40.9 Å². The van der Waals surface area contributed by atoms with Crippen molar-refractivity contribution in [3.63, 3.8) is 0 Å². The Morgan fingerprint density at radius 1 is 1.73 bits per heavy atom. The van der Waals surface area contributed by atoms with E-state index in [0.29, 0.717) is 11.0 Å². The number of alkyl halides is 1. The maximum Gasteiger partial charge on any atom is 0.330 e. The molecule has 0 aromatic heterocycles. The van der Waals surface area contributed by atoms with Gasteiger partial charge >= 0.3 is 5.97 Å². The van der Waals surface area contributed by atoms with E-state index in [2.05, 4.69) is 4.74 Å². The normalized spacial score (nSPS) is 21.3. The van der Waals surface area contributed by atoms with Gasteiger partial charge in [-0.3, -0.25) is 4.79 Å². The largest absolute Gasteiger partial charge is 0.467 e. The molecule has 1 aliphatic rings. The van der Waals surface area contributed by atoms with E-state index in [9.17, 15) is 9.59 Å². The minimum absolute atomic E-state index is 0.000926. The van der Waals surface area contributed by atoms with Crippen molar-refractivity contribution in [1.29, 1.82) is 0 Å². The predicted molar refractivity (Wildman–Crippen MR) is 46.4 cm³/mol. The van der Waals surface area contributed by atoms with Crippen LogP contribution in [0.1, 0.15) is 0 Å². The van der Waals surface area contributed by atoms with E-state index in [4.69, 9.17) is 0 Å². The van der Waals surface area contributed by atoms with Gasteiger partial charge in [0.05, 0.1) is 18.1 Å². The van der Waals surface area contributed by atoms with Gasteiger partial charge in [-0.05, 0) is 0 Å². The van der Waals surface area contributed by atoms with Crippen LogP contribution in [0.2, 0.25) is 0 Å². The Morgan fingerprint density at radius 2 is 2.36 bits per heavy atom. The second-order valence-corrected chi connectivity index (χ2v) is 2.98. The first-order valence-corrected chi connectivity index (χ1v) is 4.66. The fraction of sp³-hybridized carbons (Fsp3) is 0.667. The van der Waals surface area contributed by atoms with Gasteiger partial charge in [0.1, 0.15) is 6.04 Å². The zero-order chi connectivity index (χ0) is 8.43. The molecule has 0 aromatic rings. The number of rotatable bonds is 2. The minimum atomic E-state index is -0.316. The van der Waals surface area contributed by atoms with Crippen LogP contribution in [0.15, 0.2) is 0 Å². The van der Waals surface area contributed by atoms with Gasteiger partial charge in [0.25, 0.3) is 0 Å². The molecule has 1 amide bonds. The van der Waals surface area contributed by atoms with Crippen molar-refractivity contribution in [3.8, 4) is 0 Å². The van der Waals surface area contributed by atoms with Crippen LogP contribution < -0.4 is 0 Å². The van der Waals surface area contributed by atoms with E-state index in [1.807, 2.05) is 22.6 Å². The van der Waals surface area contributed by atoms with Gasteiger partial charge in [0.2, 0.25) is 5.91 Å². The molecule has 0 N–H and O–H groups in total. The summed E-state index contributed by atoms with van der Waals surface area (Å²) in [6.45, 7) is 0.522. The first-order chi connectivity index (χ1) is 5.20. The fourth-order valence-electron chi connectivity index (χ4n) is 0.829. The zero-order valence-electron chi connectivity index (χ0n) is 6.04. The zero-order valence-corrected chi connectivity index (χ0v) is 8.20. The minimum Gasteiger partial charge on any atom is -0.467 e. The van der Waals surface area contributed by atoms with Crippen molar-refractivity contribution in [2.75, 3.05) is 18.1 Å². The number of nitrogens with zero attached hydrogens (tertiary/aromatic N) is 1. The third-order valence-corrected chi connectivity index (χ3v) is 2.17. The lowest BCUT2D eigenvalue weighted by Gasteiger charge is -1.98. The van der Waals surface area contributed by atoms with Gasteiger partial charge < -0.3 is 9.64 Å². The molecule has 0 bridgehead atoms. The third kappa shape index (κ3) is 1.82. The first-order valence-electron chi connectivity index (χ1n) is 3.14. The molecular weight excluding hydrogens is 261 g/mol. The molecule has 0 spiro atoms. The Morgan fingerprint density at radius 3 is 2.82 bits per heavy atom. The molecule has 0 radical (unpaired) electrons. The van der Waals surface area contributed by atoms with Gasteiger partial charge in [-0.25, -0.2) is 4.79 Å². The number of carbonyl (C=O) groups excluding carboxylic acids is 2. The quantitative estimate of drug-likeness (QED) is 0.302. The highest BCUT2D eigenvalue weighted by Gasteiger charge is 2.44. The maximum atomic E-state index is 10.9. The lowest BCUT2D eigenvalue weighted by atomic mass is 10.5. The van der Waals surface area contributed by atoms with E-state index >= 15 is 0 Å². The Balaban J connectivity index is 2.37. The van der Waals surface area contributed by atoms with Gasteiger partial charge in [-0.15, -0.1) is 0 Å². The van der Waals surface area contributed by atoms with Crippen molar-refractivity contribution in [3.05, 3.63) is 0 Å². The Labute approximate surface area is 78.0 Å². The lowest BCUT2D eigenvalue weighted by Crippen LogP contribution is -2.20. The Hall–Kier alpha value is -0.330. The Kier molecular flexibility index (Phi) is 2.69. The third-order valence-electron chi connectivity index (χ3n) is 1.52. The topological polar surface area (TPSA) is 46.4 Å². The molecule has 1 aliphatic heterocycles. The predicted octanol–water partition coefficient (Wildman–Crippen LogP) is -0.195. The molecule has 1 atom stereocenters. The van der Waals surface area contributed by atoms with Crippen LogP contribution in [0.25, 0.3) is 0 Å². The van der Waals surface area contributed by atoms with E-state index in [-0.39, 0.29) is 17.9 Å². The van der Waals surface area contributed by atoms with Crippen LogP contribution >= 0.6 is 22.6 Å². The average molecular weight is 269 g/mol. The maximum absolute atomic E-state index is 10.9. The molecule has 62 valence electrons. The standard InChI is InChI=1S/C6H8INO3/c1-11-6(10)4-3-8(4)5(9)2-7/h4H,2-3H2,1H3. The van der Waals surface area contributed by atoms with E-state index < -0.39 is 0 Å². The van der Waals surface area contributed by atoms with Crippen molar-refractivity contribution in [2.24, 2.45) is 0 Å². The summed E-state index contributed by atoms with van der Waals surface area (Å²) in [6.07, 6.45) is 0. The van der Waals surface area contributed by atoms with Crippen LogP contribution in [-0.2, 0) is 14.3 Å². The molecule has 1 saturated heterocycles. The molecule has 0 saturated carbocycles. The smallest absolute Gasteiger partial charge is 0.330 e. The number of esters is 1. The summed E-state index contributed by atoms with van der Waals surface area (Å²) < 4.78 is 4.89. The SMILES string of the molecule is COC(=O)C1CN1C(=O)CI. The van der Waals surface area contributed by atoms with Crippen molar-refractivity contribution in [2.45, 2.75) is 6.04 Å². The van der Waals surface area contributed by atoms with Crippen molar-refractivity contribution in [1.82, 2.24) is 4.90 Å². The van der Waals surface area contributed by atoms with Crippen molar-refractivity contribution >= 4 is 34.5 Å². The molecule has 1 rings (SSSR count). The second kappa shape index (κ2) is 3.38. The van der Waals surface area contributed by atoms with E-state index in [0.717, 1.165) is 0 Å². The average Bonchev–Trinajstić information content (AvgIpc) is 2.80. The molecule has 0 aliphatic carbocycles. The second-order valence-electron chi connectivity index (χ2n) is 2.22. The van der Waals surface area contributed by atoms with E-state index in [1.54, 1.807) is 0 Å². The highest BCUT2D eigenvalue weighted by Crippen LogP contribution is 2.18. The van der Waals surface area contributed by atoms with Crippen LogP contribution in [0.3, 0.4) is 0 Å². The summed E-state index contributed by atoms with van der Waals surface area (Å²) in [4.78, 5) is 23.2. The molecule has 1 unspecified atom stereocenters. The number of methoxy groups -OCH3 is 1. The highest BCUT2D eigenvalue weighted by atomic mass is 127. The molecule has 5 heteroatoms. The van der Waals surface area contributed by atoms with Crippen molar-refractivity contribution < 1.29 is 14.3 Å². The molecular formula is C6H8INO3. The summed E-state index contributed by atoms with van der Waals surface area (Å²) in [6, 6.07) is -0.303. The molecule has 11 heavy (non-hydrogen) atoms. The molecule has 1 fully saturated rings. The summed E-state index contributed by atoms with van der Waals surface area (Å²) in [5, 5.41) is 0. The summed E-state index contributed by atoms with van der Waals surface area (Å²) in [5.74, 6) is -0.316. The molecule has 1 heterocycles. The summed E-state index contributed by atoms with van der Waals surface area (Å²) in [5.41, 5.74) is 0. The number of hydrogen-bond donors (Lipinski definition) is 0. The first kappa shape index (κ1) is 8.76. The van der Waals surface area contributed by atoms with Crippen LogP contribution in [0.4, 0.5) is 0 Å². The molecule has 4 nitrogen and oxygen atoms in total. The van der Waals surface area contributed by atoms with Crippen LogP contribution in [0, 0.1) is 0 Å². The number of hydrogen-bond acceptors (Lipinski definition) is 3. The number of halogens is 1. The van der Waals surface area contributed by atoms with E-state index in [1.165, 1.54) is 12.0 Å². The van der Waals surface area contributed by atoms with Crippen LogP contribution in [0.5, 0.6) is 0 Å². The number of ether oxygens (including phenoxy) is 1. The van der Waals surface area contributed by atoms with Gasteiger partial charge in [-0.2, -0.15) is 0 Å². The van der Waals surface area contributed by atoms with Gasteiger partial charge in [0, 0.05) is 0 Å². The van der Waals surface area contributed by atoms with Gasteiger partial charge in [0.15, 0.2) is 0 Å². The monoisotopic (exact) mass is 269 g/mol. The summed E-state index contributed by atoms with van der Waals surface area (Å²) in [7, 11) is 1.33. The Bertz CT molecular complexity index is 174.